The minimum absolute atomic E-state index is 0.584. The number of aliphatic imine (C=N–C) groups is 1. The molecule has 0 aromatic heterocycles. The molecule has 2 atom stereocenters. The first kappa shape index (κ1) is 12.7. The molecule has 0 rings (SSSR count). The number of hydrogen-bond donors (Lipinski definition) is 0. The van der Waals surface area contributed by atoms with Crippen LogP contribution in [0.5, 0.6) is 0 Å². The average Bonchev–Trinajstić information content (AvgIpc) is 2.03. The lowest BCUT2D eigenvalue weighted by atomic mass is 9.80. The van der Waals surface area contributed by atoms with Crippen LogP contribution in [-0.4, -0.2) is 12.8 Å². The average molecular weight is 183 g/mol. The van der Waals surface area contributed by atoms with Crippen molar-refractivity contribution in [2.24, 2.45) is 28.7 Å². The lowest BCUT2D eigenvalue weighted by Gasteiger charge is -2.26. The summed E-state index contributed by atoms with van der Waals surface area (Å²) in [6.07, 6.45) is 0. The smallest absolute Gasteiger partial charge is 0.0276 e. The molecule has 0 N–H and O–H groups in total. The third kappa shape index (κ3) is 3.50. The zero-order chi connectivity index (χ0) is 10.6. The number of nitrogens with zero attached hydrogens (tertiary/aromatic N) is 1. The first-order chi connectivity index (χ1) is 5.91. The Balaban J connectivity index is 4.47. The lowest BCUT2D eigenvalue weighted by Crippen LogP contribution is -2.26. The summed E-state index contributed by atoms with van der Waals surface area (Å²) in [5, 5.41) is 0. The standard InChI is InChI=1S/C12H25N/c1-8(2)10(5)11(6)12(13-7)9(3)4/h8-11H,1-7H3/b13-12-. The quantitative estimate of drug-likeness (QED) is 0.590. The Labute approximate surface area is 83.6 Å². The topological polar surface area (TPSA) is 12.4 Å². The van der Waals surface area contributed by atoms with Crippen molar-refractivity contribution in [1.82, 2.24) is 0 Å². The van der Waals surface area contributed by atoms with Gasteiger partial charge in [-0.05, 0) is 23.7 Å². The van der Waals surface area contributed by atoms with Gasteiger partial charge in [0.25, 0.3) is 0 Å². The second-order valence-electron chi connectivity index (χ2n) is 4.69. The zero-order valence-corrected chi connectivity index (χ0v) is 10.3. The minimum atomic E-state index is 0.584. The molecule has 0 aliphatic heterocycles. The SMILES string of the molecule is C/N=C(/C(C)C)C(C)C(C)C(C)C. The van der Waals surface area contributed by atoms with E-state index in [0.29, 0.717) is 11.8 Å². The molecule has 0 aromatic carbocycles. The van der Waals surface area contributed by atoms with Crippen LogP contribution in [-0.2, 0) is 0 Å². The predicted octanol–water partition coefficient (Wildman–Crippen LogP) is 3.64. The molecule has 0 spiro atoms. The fourth-order valence-electron chi connectivity index (χ4n) is 1.83. The number of hydrogen-bond acceptors (Lipinski definition) is 1. The Hall–Kier alpha value is -0.330. The van der Waals surface area contributed by atoms with Gasteiger partial charge in [-0.15, -0.1) is 0 Å². The van der Waals surface area contributed by atoms with Crippen molar-refractivity contribution >= 4 is 5.71 Å². The van der Waals surface area contributed by atoms with Gasteiger partial charge in [-0.2, -0.15) is 0 Å². The van der Waals surface area contributed by atoms with Crippen LogP contribution in [0, 0.1) is 23.7 Å². The summed E-state index contributed by atoms with van der Waals surface area (Å²) in [6.45, 7) is 13.6. The van der Waals surface area contributed by atoms with Crippen LogP contribution >= 0.6 is 0 Å². The van der Waals surface area contributed by atoms with E-state index in [0.717, 1.165) is 11.8 Å². The summed E-state index contributed by atoms with van der Waals surface area (Å²) < 4.78 is 0. The molecule has 2 unspecified atom stereocenters. The molecular formula is C12H25N. The van der Waals surface area contributed by atoms with E-state index in [1.807, 2.05) is 7.05 Å². The Morgan fingerprint density at radius 3 is 1.62 bits per heavy atom. The van der Waals surface area contributed by atoms with Crippen molar-refractivity contribution in [3.05, 3.63) is 0 Å². The molecule has 1 heteroatoms. The van der Waals surface area contributed by atoms with Crippen LogP contribution < -0.4 is 0 Å². The van der Waals surface area contributed by atoms with Gasteiger partial charge in [0.15, 0.2) is 0 Å². The predicted molar refractivity (Wildman–Crippen MR) is 61.4 cm³/mol. The highest BCUT2D eigenvalue weighted by atomic mass is 14.7. The molecule has 0 amide bonds. The third-order valence-corrected chi connectivity index (χ3v) is 3.16. The van der Waals surface area contributed by atoms with Crippen molar-refractivity contribution < 1.29 is 0 Å². The second kappa shape index (κ2) is 5.41. The monoisotopic (exact) mass is 183 g/mol. The fraction of sp³-hybridized carbons (Fsp3) is 0.917. The fourth-order valence-corrected chi connectivity index (χ4v) is 1.83. The molecule has 0 saturated carbocycles. The second-order valence-corrected chi connectivity index (χ2v) is 4.69. The summed E-state index contributed by atoms with van der Waals surface area (Å²) in [6, 6.07) is 0. The van der Waals surface area contributed by atoms with Crippen molar-refractivity contribution in [2.45, 2.75) is 41.5 Å². The van der Waals surface area contributed by atoms with Crippen molar-refractivity contribution in [1.29, 1.82) is 0 Å². The lowest BCUT2D eigenvalue weighted by molar-refractivity contribution is 0.352. The maximum atomic E-state index is 4.41. The molecule has 0 aliphatic carbocycles. The van der Waals surface area contributed by atoms with Crippen LogP contribution in [0.25, 0.3) is 0 Å². The van der Waals surface area contributed by atoms with Crippen molar-refractivity contribution in [2.75, 3.05) is 7.05 Å². The van der Waals surface area contributed by atoms with E-state index in [1.165, 1.54) is 5.71 Å². The van der Waals surface area contributed by atoms with Crippen LogP contribution in [0.4, 0.5) is 0 Å². The Morgan fingerprint density at radius 1 is 0.923 bits per heavy atom. The van der Waals surface area contributed by atoms with E-state index < -0.39 is 0 Å². The molecule has 1 nitrogen and oxygen atoms in total. The largest absolute Gasteiger partial charge is 0.297 e. The van der Waals surface area contributed by atoms with Gasteiger partial charge in [-0.25, -0.2) is 0 Å². The molecule has 0 bridgehead atoms. The summed E-state index contributed by atoms with van der Waals surface area (Å²) in [7, 11) is 1.92. The summed E-state index contributed by atoms with van der Waals surface area (Å²) >= 11 is 0. The van der Waals surface area contributed by atoms with Gasteiger partial charge in [0.2, 0.25) is 0 Å². The Kier molecular flexibility index (Phi) is 5.27. The molecular weight excluding hydrogens is 158 g/mol. The minimum Gasteiger partial charge on any atom is -0.297 e. The molecule has 0 heterocycles. The van der Waals surface area contributed by atoms with Crippen LogP contribution in [0.15, 0.2) is 4.99 Å². The van der Waals surface area contributed by atoms with Crippen molar-refractivity contribution in [3.63, 3.8) is 0 Å². The first-order valence-electron chi connectivity index (χ1n) is 5.38. The van der Waals surface area contributed by atoms with Crippen LogP contribution in [0.2, 0.25) is 0 Å². The van der Waals surface area contributed by atoms with E-state index >= 15 is 0 Å². The van der Waals surface area contributed by atoms with Gasteiger partial charge >= 0.3 is 0 Å². The van der Waals surface area contributed by atoms with E-state index in [4.69, 9.17) is 0 Å². The van der Waals surface area contributed by atoms with Gasteiger partial charge in [0.1, 0.15) is 0 Å². The van der Waals surface area contributed by atoms with Crippen molar-refractivity contribution in [3.8, 4) is 0 Å². The summed E-state index contributed by atoms with van der Waals surface area (Å²) in [4.78, 5) is 4.41. The molecule has 0 aliphatic rings. The van der Waals surface area contributed by atoms with E-state index in [-0.39, 0.29) is 0 Å². The van der Waals surface area contributed by atoms with Gasteiger partial charge in [0.05, 0.1) is 0 Å². The molecule has 13 heavy (non-hydrogen) atoms. The summed E-state index contributed by atoms with van der Waals surface area (Å²) in [5.74, 6) is 2.66. The molecule has 0 aromatic rings. The molecule has 78 valence electrons. The maximum Gasteiger partial charge on any atom is 0.0276 e. The van der Waals surface area contributed by atoms with E-state index in [1.54, 1.807) is 0 Å². The Bertz CT molecular complexity index is 168. The summed E-state index contributed by atoms with van der Waals surface area (Å²) in [5.41, 5.74) is 1.36. The third-order valence-electron chi connectivity index (χ3n) is 3.16. The van der Waals surface area contributed by atoms with Crippen LogP contribution in [0.3, 0.4) is 0 Å². The van der Waals surface area contributed by atoms with Gasteiger partial charge in [-0.3, -0.25) is 4.99 Å². The van der Waals surface area contributed by atoms with Gasteiger partial charge < -0.3 is 0 Å². The van der Waals surface area contributed by atoms with Crippen LogP contribution in [0.1, 0.15) is 41.5 Å². The molecule has 0 fully saturated rings. The number of rotatable bonds is 4. The normalized spacial score (nSPS) is 18.1. The highest BCUT2D eigenvalue weighted by Gasteiger charge is 2.21. The molecule has 0 saturated heterocycles. The Morgan fingerprint density at radius 2 is 1.38 bits per heavy atom. The van der Waals surface area contributed by atoms with Gasteiger partial charge in [-0.1, -0.05) is 41.5 Å². The maximum absolute atomic E-state index is 4.41. The zero-order valence-electron chi connectivity index (χ0n) is 10.3. The highest BCUT2D eigenvalue weighted by Crippen LogP contribution is 2.24. The van der Waals surface area contributed by atoms with Gasteiger partial charge in [0, 0.05) is 12.8 Å². The molecule has 0 radical (unpaired) electrons. The van der Waals surface area contributed by atoms with E-state index in [2.05, 4.69) is 46.5 Å². The highest BCUT2D eigenvalue weighted by molar-refractivity contribution is 5.88. The first-order valence-corrected chi connectivity index (χ1v) is 5.38. The van der Waals surface area contributed by atoms with E-state index in [9.17, 15) is 0 Å².